The number of hydrogen-bond acceptors (Lipinski definition) is 2. The summed E-state index contributed by atoms with van der Waals surface area (Å²) in [5.74, 6) is 0. The van der Waals surface area contributed by atoms with Crippen molar-refractivity contribution in [2.24, 2.45) is 5.73 Å². The minimum absolute atomic E-state index is 0. The minimum Gasteiger partial charge on any atom is -0.337 e. The first kappa shape index (κ1) is 8.98. The Labute approximate surface area is 40.1 Å². The van der Waals surface area contributed by atoms with E-state index in [1.165, 1.54) is 6.19 Å². The van der Waals surface area contributed by atoms with Gasteiger partial charge in [-0.3, -0.25) is 0 Å². The molecule has 0 saturated carbocycles. The molecule has 27 valence electrons. The first-order valence-electron chi connectivity index (χ1n) is 0.512. The second kappa shape index (κ2) is 11.8. The molecule has 1 radical (unpaired) electrons. The molecule has 0 aliphatic heterocycles. The zero-order valence-corrected chi connectivity index (χ0v) is 3.31. The van der Waals surface area contributed by atoms with Crippen LogP contribution in [0.4, 0.5) is 0 Å². The molecule has 0 spiro atoms. The van der Waals surface area contributed by atoms with Gasteiger partial charge >= 0.3 is 0 Å². The Morgan fingerprint density at radius 2 is 1.75 bits per heavy atom. The van der Waals surface area contributed by atoms with Gasteiger partial charge in [0.05, 0.1) is 0 Å². The fourth-order valence-electron chi connectivity index (χ4n) is 0. The fourth-order valence-corrected chi connectivity index (χ4v) is 0. The maximum absolute atomic E-state index is 7.10. The van der Waals surface area contributed by atoms with Gasteiger partial charge in [0.15, 0.2) is 6.19 Å². The normalized spacial score (nSPS) is 1.75. The third-order valence-electron chi connectivity index (χ3n) is 0. The van der Waals surface area contributed by atoms with Crippen molar-refractivity contribution in [2.75, 3.05) is 0 Å². The Morgan fingerprint density at radius 3 is 1.75 bits per heavy atom. The fraction of sp³-hybridized carbons (Fsp3) is 0. The maximum atomic E-state index is 7.10. The van der Waals surface area contributed by atoms with Crippen LogP contribution in [0.15, 0.2) is 0 Å². The molecule has 0 saturated heterocycles. The third kappa shape index (κ3) is 2350. The molecule has 0 aliphatic rings. The summed E-state index contributed by atoms with van der Waals surface area (Å²) in [4.78, 5) is 0. The molecule has 0 aliphatic carbocycles. The SMILES string of the molecule is N#CN.[Ag]. The van der Waals surface area contributed by atoms with E-state index in [9.17, 15) is 0 Å². The Balaban J connectivity index is 0. The van der Waals surface area contributed by atoms with Crippen LogP contribution in [0.5, 0.6) is 0 Å². The molecule has 0 fully saturated rings. The van der Waals surface area contributed by atoms with Crippen molar-refractivity contribution in [3.8, 4) is 6.19 Å². The summed E-state index contributed by atoms with van der Waals surface area (Å²) in [5, 5.41) is 7.10. The standard InChI is InChI=1S/CH2N2.Ag/c2-1-3;/h2H2;. The largest absolute Gasteiger partial charge is 0.337 e. The summed E-state index contributed by atoms with van der Waals surface area (Å²) >= 11 is 0. The molecule has 4 heavy (non-hydrogen) atoms. The molecule has 0 rings (SSSR count). The van der Waals surface area contributed by atoms with Crippen molar-refractivity contribution in [2.45, 2.75) is 0 Å². The summed E-state index contributed by atoms with van der Waals surface area (Å²) in [6.45, 7) is 0. The average molecular weight is 150 g/mol. The molecule has 0 unspecified atom stereocenters. The smallest absolute Gasteiger partial charge is 0.173 e. The Hall–Kier alpha value is 0.0303. The van der Waals surface area contributed by atoms with E-state index in [-0.39, 0.29) is 22.4 Å². The van der Waals surface area contributed by atoms with Crippen LogP contribution >= 0.6 is 0 Å². The molecule has 0 aromatic rings. The summed E-state index contributed by atoms with van der Waals surface area (Å²) < 4.78 is 0. The van der Waals surface area contributed by atoms with Crippen molar-refractivity contribution in [1.82, 2.24) is 0 Å². The monoisotopic (exact) mass is 149 g/mol. The van der Waals surface area contributed by atoms with E-state index in [4.69, 9.17) is 5.26 Å². The van der Waals surface area contributed by atoms with Crippen molar-refractivity contribution in [3.63, 3.8) is 0 Å². The predicted octanol–water partition coefficient (Wildman–Crippen LogP) is -0.576. The molecular weight excluding hydrogens is 148 g/mol. The zero-order chi connectivity index (χ0) is 2.71. The second-order valence-electron chi connectivity index (χ2n) is 0.129. The molecule has 0 atom stereocenters. The molecule has 0 bridgehead atoms. The first-order chi connectivity index (χ1) is 1.41. The van der Waals surface area contributed by atoms with Crippen LogP contribution < -0.4 is 5.73 Å². The summed E-state index contributed by atoms with van der Waals surface area (Å²) in [5.41, 5.74) is 4.15. The van der Waals surface area contributed by atoms with E-state index < -0.39 is 0 Å². The zero-order valence-electron chi connectivity index (χ0n) is 1.83. The average Bonchev–Trinajstić information content (AvgIpc) is 0.918. The Kier molecular flexibility index (Phi) is 26.4. The van der Waals surface area contributed by atoms with E-state index in [0.29, 0.717) is 0 Å². The second-order valence-corrected chi connectivity index (χ2v) is 0.129. The van der Waals surface area contributed by atoms with E-state index >= 15 is 0 Å². The molecule has 2 N–H and O–H groups in total. The first-order valence-corrected chi connectivity index (χ1v) is 0.512. The van der Waals surface area contributed by atoms with Gasteiger partial charge in [-0.25, -0.2) is 0 Å². The van der Waals surface area contributed by atoms with Gasteiger partial charge in [-0.2, -0.15) is 5.26 Å². The van der Waals surface area contributed by atoms with Gasteiger partial charge in [-0.05, 0) is 0 Å². The van der Waals surface area contributed by atoms with E-state index in [0.717, 1.165) is 0 Å². The van der Waals surface area contributed by atoms with Gasteiger partial charge in [0.1, 0.15) is 0 Å². The van der Waals surface area contributed by atoms with Gasteiger partial charge in [0, 0.05) is 22.4 Å². The third-order valence-corrected chi connectivity index (χ3v) is 0. The number of hydrogen-bond donors (Lipinski definition) is 1. The number of rotatable bonds is 0. The topological polar surface area (TPSA) is 49.8 Å². The molecule has 0 heterocycles. The summed E-state index contributed by atoms with van der Waals surface area (Å²) in [6.07, 6.45) is 1.25. The van der Waals surface area contributed by atoms with E-state index in [2.05, 4.69) is 5.73 Å². The molecular formula is CH2AgN2. The van der Waals surface area contributed by atoms with Crippen LogP contribution in [0.2, 0.25) is 0 Å². The Bertz CT molecular complexity index is 27.5. The predicted molar refractivity (Wildman–Crippen MR) is 9.80 cm³/mol. The van der Waals surface area contributed by atoms with Crippen molar-refractivity contribution < 1.29 is 22.4 Å². The number of nitriles is 1. The van der Waals surface area contributed by atoms with E-state index in [1.807, 2.05) is 0 Å². The van der Waals surface area contributed by atoms with Gasteiger partial charge in [0.2, 0.25) is 0 Å². The molecule has 0 aromatic heterocycles. The van der Waals surface area contributed by atoms with Crippen LogP contribution in [-0.4, -0.2) is 0 Å². The van der Waals surface area contributed by atoms with Crippen molar-refractivity contribution >= 4 is 0 Å². The molecule has 3 heteroatoms. The van der Waals surface area contributed by atoms with E-state index in [1.54, 1.807) is 0 Å². The van der Waals surface area contributed by atoms with Gasteiger partial charge in [0.25, 0.3) is 0 Å². The maximum Gasteiger partial charge on any atom is 0.173 e. The quantitative estimate of drug-likeness (QED) is 0.285. The van der Waals surface area contributed by atoms with Gasteiger partial charge in [-0.15, -0.1) is 0 Å². The van der Waals surface area contributed by atoms with Gasteiger partial charge < -0.3 is 5.73 Å². The number of nitrogens with zero attached hydrogens (tertiary/aromatic N) is 1. The van der Waals surface area contributed by atoms with Crippen LogP contribution in [0.1, 0.15) is 0 Å². The minimum atomic E-state index is 0. The van der Waals surface area contributed by atoms with Crippen LogP contribution in [0.25, 0.3) is 0 Å². The van der Waals surface area contributed by atoms with Crippen LogP contribution in [0, 0.1) is 11.5 Å². The number of nitrogens with two attached hydrogens (primary N) is 1. The molecule has 0 amide bonds. The van der Waals surface area contributed by atoms with Crippen LogP contribution in [0.3, 0.4) is 0 Å². The molecule has 2 nitrogen and oxygen atoms in total. The summed E-state index contributed by atoms with van der Waals surface area (Å²) in [7, 11) is 0. The summed E-state index contributed by atoms with van der Waals surface area (Å²) in [6, 6.07) is 0. The van der Waals surface area contributed by atoms with Crippen LogP contribution in [-0.2, 0) is 22.4 Å². The van der Waals surface area contributed by atoms with Crippen molar-refractivity contribution in [1.29, 1.82) is 5.26 Å². The Morgan fingerprint density at radius 1 is 1.75 bits per heavy atom. The van der Waals surface area contributed by atoms with Gasteiger partial charge in [-0.1, -0.05) is 0 Å². The van der Waals surface area contributed by atoms with Crippen molar-refractivity contribution in [3.05, 3.63) is 0 Å². The molecule has 0 aromatic carbocycles.